The Hall–Kier alpha value is -2.78. The monoisotopic (exact) mass is 418 g/mol. The molecule has 0 radical (unpaired) electrons. The van der Waals surface area contributed by atoms with E-state index in [0.717, 1.165) is 0 Å². The molecule has 2 aliphatic rings. The Balaban J connectivity index is 1.57. The van der Waals surface area contributed by atoms with Crippen LogP contribution in [0.15, 0.2) is 41.3 Å². The zero-order valence-electron chi connectivity index (χ0n) is 16.2. The summed E-state index contributed by atoms with van der Waals surface area (Å²) in [6, 6.07) is 9.20. The van der Waals surface area contributed by atoms with Crippen molar-refractivity contribution in [2.24, 2.45) is 0 Å². The molecule has 1 atom stereocenters. The zero-order valence-corrected chi connectivity index (χ0v) is 17.0. The van der Waals surface area contributed by atoms with Crippen molar-refractivity contribution in [3.63, 3.8) is 0 Å². The number of hydrogen-bond acceptors (Lipinski definition) is 6. The largest absolute Gasteiger partial charge is 0.497 e. The van der Waals surface area contributed by atoms with Gasteiger partial charge in [-0.15, -0.1) is 0 Å². The Kier molecular flexibility index (Phi) is 5.10. The summed E-state index contributed by atoms with van der Waals surface area (Å²) in [4.78, 5) is 13.0. The van der Waals surface area contributed by atoms with Gasteiger partial charge >= 0.3 is 0 Å². The third-order valence-electron chi connectivity index (χ3n) is 5.13. The molecule has 1 saturated heterocycles. The maximum absolute atomic E-state index is 13.3. The minimum absolute atomic E-state index is 0.140. The van der Waals surface area contributed by atoms with Crippen molar-refractivity contribution >= 4 is 21.6 Å². The SMILES string of the molecule is COc1ccc(C)c(S(=O)(=O)N2CCCC2C(=O)Nc2ccc3c(c2)OCO3)c1. The van der Waals surface area contributed by atoms with Crippen LogP contribution >= 0.6 is 0 Å². The van der Waals surface area contributed by atoms with Gasteiger partial charge in [0.1, 0.15) is 11.8 Å². The first-order chi connectivity index (χ1) is 13.9. The summed E-state index contributed by atoms with van der Waals surface area (Å²) in [6.45, 7) is 2.16. The highest BCUT2D eigenvalue weighted by molar-refractivity contribution is 7.89. The predicted octanol–water partition coefficient (Wildman–Crippen LogP) is 2.52. The number of carbonyl (C=O) groups excluding carboxylic acids is 1. The summed E-state index contributed by atoms with van der Waals surface area (Å²) in [5, 5.41) is 2.80. The number of amides is 1. The van der Waals surface area contributed by atoms with Crippen LogP contribution in [-0.4, -0.2) is 45.1 Å². The van der Waals surface area contributed by atoms with Gasteiger partial charge in [0, 0.05) is 24.4 Å². The molecule has 1 fully saturated rings. The fourth-order valence-corrected chi connectivity index (χ4v) is 5.50. The van der Waals surface area contributed by atoms with Crippen molar-refractivity contribution in [3.8, 4) is 17.2 Å². The Bertz CT molecular complexity index is 1050. The molecule has 0 saturated carbocycles. The van der Waals surface area contributed by atoms with Crippen molar-refractivity contribution in [1.82, 2.24) is 4.31 Å². The number of aryl methyl sites for hydroxylation is 1. The van der Waals surface area contributed by atoms with Crippen molar-refractivity contribution in [2.45, 2.75) is 30.7 Å². The third kappa shape index (κ3) is 3.63. The van der Waals surface area contributed by atoms with Crippen LogP contribution in [0.5, 0.6) is 17.2 Å². The van der Waals surface area contributed by atoms with E-state index in [1.807, 2.05) is 0 Å². The number of sulfonamides is 1. The number of nitrogens with one attached hydrogen (secondary N) is 1. The summed E-state index contributed by atoms with van der Waals surface area (Å²) in [6.07, 6.45) is 1.07. The molecule has 4 rings (SSSR count). The minimum atomic E-state index is -3.85. The highest BCUT2D eigenvalue weighted by Gasteiger charge is 2.40. The molecule has 0 spiro atoms. The molecule has 9 heteroatoms. The van der Waals surface area contributed by atoms with Gasteiger partial charge in [0.05, 0.1) is 12.0 Å². The smallest absolute Gasteiger partial charge is 0.244 e. The number of nitrogens with zero attached hydrogens (tertiary/aromatic N) is 1. The molecule has 29 heavy (non-hydrogen) atoms. The molecular weight excluding hydrogens is 396 g/mol. The first-order valence-electron chi connectivity index (χ1n) is 9.27. The normalized spacial score (nSPS) is 18.6. The highest BCUT2D eigenvalue weighted by atomic mass is 32.2. The summed E-state index contributed by atoms with van der Waals surface area (Å²) < 4.78 is 43.6. The van der Waals surface area contributed by atoms with Gasteiger partial charge in [0.2, 0.25) is 22.7 Å². The van der Waals surface area contributed by atoms with Crippen LogP contribution in [0.25, 0.3) is 0 Å². The lowest BCUT2D eigenvalue weighted by Crippen LogP contribution is -2.43. The Morgan fingerprint density at radius 2 is 1.97 bits per heavy atom. The maximum Gasteiger partial charge on any atom is 0.244 e. The van der Waals surface area contributed by atoms with Crippen LogP contribution in [0, 0.1) is 6.92 Å². The van der Waals surface area contributed by atoms with E-state index < -0.39 is 16.1 Å². The van der Waals surface area contributed by atoms with Crippen LogP contribution in [0.3, 0.4) is 0 Å². The zero-order chi connectivity index (χ0) is 20.6. The van der Waals surface area contributed by atoms with E-state index in [1.165, 1.54) is 17.5 Å². The molecular formula is C20H22N2O6S. The molecule has 0 bridgehead atoms. The van der Waals surface area contributed by atoms with Gasteiger partial charge in [-0.3, -0.25) is 4.79 Å². The summed E-state index contributed by atoms with van der Waals surface area (Å²) in [5.74, 6) is 1.24. The number of benzene rings is 2. The Morgan fingerprint density at radius 3 is 2.76 bits per heavy atom. The van der Waals surface area contributed by atoms with Gasteiger partial charge in [-0.1, -0.05) is 6.07 Å². The molecule has 2 aromatic carbocycles. The first kappa shape index (κ1) is 19.5. The maximum atomic E-state index is 13.3. The summed E-state index contributed by atoms with van der Waals surface area (Å²) in [5.41, 5.74) is 1.13. The molecule has 1 amide bonds. The van der Waals surface area contributed by atoms with Crippen molar-refractivity contribution in [2.75, 3.05) is 25.8 Å². The minimum Gasteiger partial charge on any atom is -0.497 e. The van der Waals surface area contributed by atoms with Crippen LogP contribution in [0.2, 0.25) is 0 Å². The van der Waals surface area contributed by atoms with Gasteiger partial charge in [-0.25, -0.2) is 8.42 Å². The first-order valence-corrected chi connectivity index (χ1v) is 10.7. The Morgan fingerprint density at radius 1 is 1.17 bits per heavy atom. The number of anilines is 1. The highest BCUT2D eigenvalue weighted by Crippen LogP contribution is 2.35. The lowest BCUT2D eigenvalue weighted by atomic mass is 10.2. The second-order valence-corrected chi connectivity index (χ2v) is 8.82. The van der Waals surface area contributed by atoms with Crippen LogP contribution in [0.4, 0.5) is 5.69 Å². The van der Waals surface area contributed by atoms with Gasteiger partial charge in [0.25, 0.3) is 0 Å². The lowest BCUT2D eigenvalue weighted by molar-refractivity contribution is -0.119. The molecule has 0 aromatic heterocycles. The standard InChI is InChI=1S/C20H22N2O6S/c1-13-5-7-15(26-2)11-19(13)29(24,25)22-9-3-4-16(22)20(23)21-14-6-8-17-18(10-14)28-12-27-17/h5-8,10-11,16H,3-4,9,12H2,1-2H3,(H,21,23). The van der Waals surface area contributed by atoms with Gasteiger partial charge in [-0.05, 0) is 43.5 Å². The fraction of sp³-hybridized carbons (Fsp3) is 0.350. The van der Waals surface area contributed by atoms with E-state index in [0.29, 0.717) is 41.3 Å². The lowest BCUT2D eigenvalue weighted by Gasteiger charge is -2.24. The number of methoxy groups -OCH3 is 1. The average Bonchev–Trinajstić information content (AvgIpc) is 3.37. The van der Waals surface area contributed by atoms with Crippen molar-refractivity contribution in [1.29, 1.82) is 0 Å². The van der Waals surface area contributed by atoms with E-state index in [9.17, 15) is 13.2 Å². The topological polar surface area (TPSA) is 94.2 Å². The molecule has 2 heterocycles. The number of hydrogen-bond donors (Lipinski definition) is 1. The number of ether oxygens (including phenoxy) is 3. The average molecular weight is 418 g/mol. The summed E-state index contributed by atoms with van der Waals surface area (Å²) in [7, 11) is -2.37. The summed E-state index contributed by atoms with van der Waals surface area (Å²) >= 11 is 0. The van der Waals surface area contributed by atoms with Gasteiger partial charge in [-0.2, -0.15) is 4.31 Å². The van der Waals surface area contributed by atoms with E-state index in [1.54, 1.807) is 37.3 Å². The number of carbonyl (C=O) groups is 1. The molecule has 154 valence electrons. The number of rotatable bonds is 5. The second-order valence-electron chi connectivity index (χ2n) is 6.96. The van der Waals surface area contributed by atoms with Crippen LogP contribution in [-0.2, 0) is 14.8 Å². The van der Waals surface area contributed by atoms with E-state index in [4.69, 9.17) is 14.2 Å². The fourth-order valence-electron chi connectivity index (χ4n) is 3.60. The quantitative estimate of drug-likeness (QED) is 0.802. The molecule has 1 unspecified atom stereocenters. The van der Waals surface area contributed by atoms with Gasteiger partial charge < -0.3 is 19.5 Å². The number of fused-ring (bicyclic) bond motifs is 1. The van der Waals surface area contributed by atoms with Crippen LogP contribution < -0.4 is 19.5 Å². The van der Waals surface area contributed by atoms with E-state index >= 15 is 0 Å². The second kappa shape index (κ2) is 7.57. The molecule has 2 aromatic rings. The molecule has 1 N–H and O–H groups in total. The molecule has 0 aliphatic carbocycles. The van der Waals surface area contributed by atoms with E-state index in [2.05, 4.69) is 5.32 Å². The molecule has 2 aliphatic heterocycles. The van der Waals surface area contributed by atoms with Crippen LogP contribution in [0.1, 0.15) is 18.4 Å². The Labute approximate surface area is 169 Å². The van der Waals surface area contributed by atoms with Crippen molar-refractivity contribution < 1.29 is 27.4 Å². The van der Waals surface area contributed by atoms with Crippen molar-refractivity contribution in [3.05, 3.63) is 42.0 Å². The molecule has 8 nitrogen and oxygen atoms in total. The van der Waals surface area contributed by atoms with Gasteiger partial charge in [0.15, 0.2) is 11.5 Å². The van der Waals surface area contributed by atoms with E-state index in [-0.39, 0.29) is 24.1 Å². The third-order valence-corrected chi connectivity index (χ3v) is 7.18. The predicted molar refractivity (Wildman–Crippen MR) is 106 cm³/mol.